The molecule has 1 amide bonds. The highest BCUT2D eigenvalue weighted by Crippen LogP contribution is 2.36. The number of benzene rings is 1. The fourth-order valence-corrected chi connectivity index (χ4v) is 4.27. The Morgan fingerprint density at radius 1 is 1.32 bits per heavy atom. The summed E-state index contributed by atoms with van der Waals surface area (Å²) in [6, 6.07) is 12.3. The highest BCUT2D eigenvalue weighted by Gasteiger charge is 2.11. The highest BCUT2D eigenvalue weighted by molar-refractivity contribution is 7.99. The summed E-state index contributed by atoms with van der Waals surface area (Å²) in [5, 5.41) is 13.8. The summed E-state index contributed by atoms with van der Waals surface area (Å²) in [6.45, 7) is 1.93. The van der Waals surface area contributed by atoms with Gasteiger partial charge in [0.05, 0.1) is 6.10 Å². The minimum Gasteiger partial charge on any atom is -0.392 e. The number of carbonyl (C=O) groups is 1. The van der Waals surface area contributed by atoms with Crippen molar-refractivity contribution < 1.29 is 9.90 Å². The van der Waals surface area contributed by atoms with Crippen molar-refractivity contribution in [1.82, 2.24) is 15.3 Å². The summed E-state index contributed by atoms with van der Waals surface area (Å²) < 4.78 is 0. The van der Waals surface area contributed by atoms with E-state index in [0.29, 0.717) is 12.2 Å². The summed E-state index contributed by atoms with van der Waals surface area (Å²) in [6.07, 6.45) is 1.43. The molecule has 3 rings (SSSR count). The Balaban J connectivity index is 1.68. The third-order valence-corrected chi connectivity index (χ3v) is 5.61. The van der Waals surface area contributed by atoms with Gasteiger partial charge in [-0.15, -0.1) is 23.1 Å². The second-order valence-corrected chi connectivity index (χ2v) is 7.74. The maximum Gasteiger partial charge on any atom is 0.220 e. The standard InChI is InChI=1S/C18H19N3O2S2/c1-12(22)10-19-16(23)7-8-24-17-14-9-15(13-5-3-2-4-6-13)25-18(14)21-11-20-17/h2-6,9,11-12,22H,7-8,10H2,1H3,(H,19,23). The van der Waals surface area contributed by atoms with Crippen LogP contribution < -0.4 is 5.32 Å². The summed E-state index contributed by atoms with van der Waals surface area (Å²) in [5.74, 6) is 0.572. The lowest BCUT2D eigenvalue weighted by Gasteiger charge is -2.06. The van der Waals surface area contributed by atoms with Crippen molar-refractivity contribution in [2.24, 2.45) is 0 Å². The van der Waals surface area contributed by atoms with Crippen LogP contribution >= 0.6 is 23.1 Å². The Kier molecular flexibility index (Phi) is 6.01. The van der Waals surface area contributed by atoms with Gasteiger partial charge in [-0.3, -0.25) is 4.79 Å². The van der Waals surface area contributed by atoms with E-state index in [9.17, 15) is 9.90 Å². The van der Waals surface area contributed by atoms with Crippen LogP contribution in [0.5, 0.6) is 0 Å². The lowest BCUT2D eigenvalue weighted by molar-refractivity contribution is -0.121. The molecule has 0 spiro atoms. The third kappa shape index (κ3) is 4.78. The predicted molar refractivity (Wildman–Crippen MR) is 103 cm³/mol. The van der Waals surface area contributed by atoms with Crippen LogP contribution in [0.25, 0.3) is 20.7 Å². The molecule has 0 fully saturated rings. The number of aliphatic hydroxyl groups excluding tert-OH is 1. The Labute approximate surface area is 154 Å². The molecule has 1 unspecified atom stereocenters. The molecule has 0 bridgehead atoms. The Morgan fingerprint density at radius 2 is 2.12 bits per heavy atom. The van der Waals surface area contributed by atoms with E-state index in [0.717, 1.165) is 20.1 Å². The topological polar surface area (TPSA) is 75.1 Å². The zero-order chi connectivity index (χ0) is 17.6. The number of fused-ring (bicyclic) bond motifs is 1. The van der Waals surface area contributed by atoms with Crippen LogP contribution in [0.2, 0.25) is 0 Å². The quantitative estimate of drug-likeness (QED) is 0.491. The first-order valence-corrected chi connectivity index (χ1v) is 9.81. The van der Waals surface area contributed by atoms with Gasteiger partial charge in [0.25, 0.3) is 0 Å². The molecule has 3 aromatic rings. The maximum absolute atomic E-state index is 11.7. The first-order valence-electron chi connectivity index (χ1n) is 8.01. The van der Waals surface area contributed by atoms with Gasteiger partial charge >= 0.3 is 0 Å². The first-order chi connectivity index (χ1) is 12.1. The van der Waals surface area contributed by atoms with Crippen LogP contribution in [-0.4, -0.2) is 39.4 Å². The fraction of sp³-hybridized carbons (Fsp3) is 0.278. The zero-order valence-corrected chi connectivity index (χ0v) is 15.4. The second-order valence-electron chi connectivity index (χ2n) is 5.63. The molecule has 0 saturated heterocycles. The van der Waals surface area contributed by atoms with Crippen molar-refractivity contribution in [3.05, 3.63) is 42.7 Å². The van der Waals surface area contributed by atoms with Gasteiger partial charge < -0.3 is 10.4 Å². The average molecular weight is 374 g/mol. The van der Waals surface area contributed by atoms with E-state index in [-0.39, 0.29) is 12.5 Å². The van der Waals surface area contributed by atoms with E-state index in [1.165, 1.54) is 5.56 Å². The summed E-state index contributed by atoms with van der Waals surface area (Å²) in [7, 11) is 0. The molecule has 5 nitrogen and oxygen atoms in total. The molecule has 130 valence electrons. The largest absolute Gasteiger partial charge is 0.392 e. The van der Waals surface area contributed by atoms with Crippen LogP contribution in [0.15, 0.2) is 47.8 Å². The van der Waals surface area contributed by atoms with Gasteiger partial charge in [-0.2, -0.15) is 0 Å². The number of rotatable bonds is 7. The number of nitrogens with one attached hydrogen (secondary N) is 1. The van der Waals surface area contributed by atoms with Crippen molar-refractivity contribution >= 4 is 39.2 Å². The average Bonchev–Trinajstić information content (AvgIpc) is 3.06. The Bertz CT molecular complexity index is 850. The van der Waals surface area contributed by atoms with Crippen LogP contribution in [0, 0.1) is 0 Å². The van der Waals surface area contributed by atoms with Gasteiger partial charge in [0.2, 0.25) is 5.91 Å². The number of thiophene rings is 1. The number of amides is 1. The van der Waals surface area contributed by atoms with E-state index >= 15 is 0 Å². The molecule has 2 heterocycles. The summed E-state index contributed by atoms with van der Waals surface area (Å²) >= 11 is 3.20. The molecule has 1 atom stereocenters. The normalized spacial score (nSPS) is 12.2. The Morgan fingerprint density at radius 3 is 2.88 bits per heavy atom. The van der Waals surface area contributed by atoms with Crippen LogP contribution in [0.1, 0.15) is 13.3 Å². The molecule has 2 aromatic heterocycles. The molecular formula is C18H19N3O2S2. The molecule has 2 N–H and O–H groups in total. The van der Waals surface area contributed by atoms with Gasteiger partial charge in [-0.1, -0.05) is 30.3 Å². The third-order valence-electron chi connectivity index (χ3n) is 3.51. The van der Waals surface area contributed by atoms with Crippen molar-refractivity contribution in [1.29, 1.82) is 0 Å². The minimum absolute atomic E-state index is 0.0611. The zero-order valence-electron chi connectivity index (χ0n) is 13.8. The number of aromatic nitrogens is 2. The molecule has 0 aliphatic carbocycles. The molecule has 0 saturated carbocycles. The molecule has 1 aromatic carbocycles. The number of hydrogen-bond donors (Lipinski definition) is 2. The van der Waals surface area contributed by atoms with Crippen molar-refractivity contribution in [2.45, 2.75) is 24.5 Å². The number of aliphatic hydroxyl groups is 1. The Hall–Kier alpha value is -1.96. The number of carbonyl (C=O) groups excluding carboxylic acids is 1. The lowest BCUT2D eigenvalue weighted by atomic mass is 10.2. The van der Waals surface area contributed by atoms with Crippen molar-refractivity contribution in [3.8, 4) is 10.4 Å². The summed E-state index contributed by atoms with van der Waals surface area (Å²) in [5.41, 5.74) is 1.17. The first kappa shape index (κ1) is 17.8. The predicted octanol–water partition coefficient (Wildman–Crippen LogP) is 3.34. The van der Waals surface area contributed by atoms with E-state index < -0.39 is 6.10 Å². The van der Waals surface area contributed by atoms with Gasteiger partial charge in [0.1, 0.15) is 16.2 Å². The van der Waals surface area contributed by atoms with Crippen molar-refractivity contribution in [3.63, 3.8) is 0 Å². The van der Waals surface area contributed by atoms with Gasteiger partial charge in [0, 0.05) is 29.0 Å². The monoisotopic (exact) mass is 373 g/mol. The summed E-state index contributed by atoms with van der Waals surface area (Å²) in [4.78, 5) is 22.6. The van der Waals surface area contributed by atoms with Crippen LogP contribution in [0.4, 0.5) is 0 Å². The molecule has 0 aliphatic heterocycles. The molecule has 25 heavy (non-hydrogen) atoms. The van der Waals surface area contributed by atoms with Crippen molar-refractivity contribution in [2.75, 3.05) is 12.3 Å². The number of nitrogens with zero attached hydrogens (tertiary/aromatic N) is 2. The number of thioether (sulfide) groups is 1. The van der Waals surface area contributed by atoms with Gasteiger partial charge in [0.15, 0.2) is 0 Å². The SMILES string of the molecule is CC(O)CNC(=O)CCSc1ncnc2sc(-c3ccccc3)cc12. The van der Waals surface area contributed by atoms with E-state index in [1.807, 2.05) is 18.2 Å². The van der Waals surface area contributed by atoms with Crippen LogP contribution in [-0.2, 0) is 4.79 Å². The lowest BCUT2D eigenvalue weighted by Crippen LogP contribution is -2.30. The molecule has 0 radical (unpaired) electrons. The van der Waals surface area contributed by atoms with E-state index in [4.69, 9.17) is 0 Å². The van der Waals surface area contributed by atoms with E-state index in [1.54, 1.807) is 36.3 Å². The van der Waals surface area contributed by atoms with Gasteiger partial charge in [-0.05, 0) is 18.6 Å². The smallest absolute Gasteiger partial charge is 0.220 e. The number of hydrogen-bond acceptors (Lipinski definition) is 6. The molecular weight excluding hydrogens is 354 g/mol. The minimum atomic E-state index is -0.527. The maximum atomic E-state index is 11.7. The fourth-order valence-electron chi connectivity index (χ4n) is 2.28. The second kappa shape index (κ2) is 8.42. The molecule has 0 aliphatic rings. The van der Waals surface area contributed by atoms with Crippen LogP contribution in [0.3, 0.4) is 0 Å². The van der Waals surface area contributed by atoms with Gasteiger partial charge in [-0.25, -0.2) is 9.97 Å². The van der Waals surface area contributed by atoms with E-state index in [2.05, 4.69) is 33.5 Å². The highest BCUT2D eigenvalue weighted by atomic mass is 32.2. The molecule has 7 heteroatoms.